The summed E-state index contributed by atoms with van der Waals surface area (Å²) < 4.78 is 24.6. The molecule has 3 aromatic rings. The minimum absolute atomic E-state index is 0. The van der Waals surface area contributed by atoms with E-state index in [-0.39, 0.29) is 30.4 Å². The second-order valence-corrected chi connectivity index (χ2v) is 6.06. The number of hydrogen-bond donors (Lipinski definition) is 1. The van der Waals surface area contributed by atoms with Crippen molar-refractivity contribution in [1.82, 2.24) is 0 Å². The zero-order valence-corrected chi connectivity index (χ0v) is 15.2. The second-order valence-electron chi connectivity index (χ2n) is 6.06. The van der Waals surface area contributed by atoms with Crippen LogP contribution in [-0.4, -0.2) is 37.7 Å². The van der Waals surface area contributed by atoms with Crippen LogP contribution in [0.3, 0.4) is 0 Å². The topological polar surface area (TPSA) is 38.7 Å². The molecule has 27 heavy (non-hydrogen) atoms. The van der Waals surface area contributed by atoms with Gasteiger partial charge >= 0.3 is 0 Å². The van der Waals surface area contributed by atoms with Gasteiger partial charge in [-0.05, 0) is 53.1 Å². The van der Waals surface area contributed by atoms with Gasteiger partial charge in [-0.3, -0.25) is 0 Å². The van der Waals surface area contributed by atoms with Gasteiger partial charge in [0.05, 0.1) is 7.11 Å². The fourth-order valence-corrected chi connectivity index (χ4v) is 3.18. The number of methoxy groups -OCH3 is 1. The number of fused-ring (bicyclic) bond motifs is 1. The van der Waals surface area contributed by atoms with Crippen LogP contribution in [0.1, 0.15) is 16.7 Å². The number of rotatable bonds is 3. The summed E-state index contributed by atoms with van der Waals surface area (Å²) in [7, 11) is 1.62. The third-order valence-electron chi connectivity index (χ3n) is 4.48. The van der Waals surface area contributed by atoms with Crippen LogP contribution in [-0.2, 0) is 0 Å². The first-order valence-electron chi connectivity index (χ1n) is 8.25. The van der Waals surface area contributed by atoms with Crippen LogP contribution in [0, 0.1) is 5.82 Å². The Morgan fingerprint density at radius 1 is 0.926 bits per heavy atom. The molecular formula is C22H17FLiO3. The Morgan fingerprint density at radius 2 is 1.59 bits per heavy atom. The van der Waals surface area contributed by atoms with Crippen LogP contribution in [0.2, 0.25) is 0 Å². The van der Waals surface area contributed by atoms with Gasteiger partial charge in [-0.15, -0.1) is 0 Å². The molecule has 0 bridgehead atoms. The van der Waals surface area contributed by atoms with Crippen LogP contribution in [0.5, 0.6) is 17.2 Å². The molecule has 3 nitrogen and oxygen atoms in total. The fourth-order valence-electron chi connectivity index (χ4n) is 3.18. The molecule has 0 aliphatic carbocycles. The first-order chi connectivity index (χ1) is 12.7. The zero-order valence-electron chi connectivity index (χ0n) is 15.2. The van der Waals surface area contributed by atoms with E-state index < -0.39 is 0 Å². The predicted octanol–water partition coefficient (Wildman–Crippen LogP) is 4.51. The Labute approximate surface area is 169 Å². The molecule has 5 heteroatoms. The summed E-state index contributed by atoms with van der Waals surface area (Å²) in [4.78, 5) is 0. The van der Waals surface area contributed by atoms with Crippen molar-refractivity contribution in [2.24, 2.45) is 0 Å². The molecular weight excluding hydrogens is 338 g/mol. The SMILES string of the molecule is COc1ccc2c(c1)OCC(c1ccc(F)cc1)=C2c1ccc(O)cc1.[Li]. The van der Waals surface area contributed by atoms with Crippen molar-refractivity contribution >= 4 is 30.0 Å². The summed E-state index contributed by atoms with van der Waals surface area (Å²) in [6, 6.07) is 19.1. The quantitative estimate of drug-likeness (QED) is 0.703. The molecule has 0 saturated heterocycles. The van der Waals surface area contributed by atoms with Gasteiger partial charge in [-0.25, -0.2) is 4.39 Å². The fraction of sp³-hybridized carbons (Fsp3) is 0.0909. The van der Waals surface area contributed by atoms with Crippen molar-refractivity contribution in [1.29, 1.82) is 0 Å². The van der Waals surface area contributed by atoms with Gasteiger partial charge in [0.15, 0.2) is 0 Å². The summed E-state index contributed by atoms with van der Waals surface area (Å²) in [6.45, 7) is 0.363. The predicted molar refractivity (Wildman–Crippen MR) is 105 cm³/mol. The molecule has 1 heterocycles. The number of aromatic hydroxyl groups is 1. The number of halogens is 1. The van der Waals surface area contributed by atoms with E-state index in [1.165, 1.54) is 12.1 Å². The van der Waals surface area contributed by atoms with E-state index in [2.05, 4.69) is 0 Å². The van der Waals surface area contributed by atoms with Crippen molar-refractivity contribution in [2.75, 3.05) is 13.7 Å². The molecule has 4 rings (SSSR count). The number of hydrogen-bond acceptors (Lipinski definition) is 3. The minimum Gasteiger partial charge on any atom is -0.508 e. The Kier molecular flexibility index (Phi) is 5.60. The van der Waals surface area contributed by atoms with Crippen molar-refractivity contribution in [3.8, 4) is 17.2 Å². The summed E-state index contributed by atoms with van der Waals surface area (Å²) >= 11 is 0. The smallest absolute Gasteiger partial charge is 0.131 e. The number of ether oxygens (including phenoxy) is 2. The molecule has 1 aliphatic rings. The summed E-state index contributed by atoms with van der Waals surface area (Å²) in [5.74, 6) is 1.39. The van der Waals surface area contributed by atoms with Gasteiger partial charge in [-0.1, -0.05) is 24.3 Å². The van der Waals surface area contributed by atoms with Gasteiger partial charge in [0.2, 0.25) is 0 Å². The average Bonchev–Trinajstić information content (AvgIpc) is 2.68. The van der Waals surface area contributed by atoms with Crippen LogP contribution in [0.4, 0.5) is 4.39 Å². The zero-order chi connectivity index (χ0) is 18.1. The van der Waals surface area contributed by atoms with Crippen LogP contribution >= 0.6 is 0 Å². The van der Waals surface area contributed by atoms with Crippen molar-refractivity contribution < 1.29 is 19.0 Å². The Bertz CT molecular complexity index is 979. The van der Waals surface area contributed by atoms with Gasteiger partial charge in [0.25, 0.3) is 0 Å². The largest absolute Gasteiger partial charge is 0.508 e. The summed E-state index contributed by atoms with van der Waals surface area (Å²) in [6.07, 6.45) is 0. The third kappa shape index (κ3) is 3.73. The van der Waals surface area contributed by atoms with Crippen molar-refractivity contribution in [3.05, 3.63) is 89.2 Å². The second kappa shape index (κ2) is 7.92. The molecule has 131 valence electrons. The normalized spacial score (nSPS) is 12.7. The van der Waals surface area contributed by atoms with Crippen molar-refractivity contribution in [3.63, 3.8) is 0 Å². The van der Waals surface area contributed by atoms with E-state index in [1.807, 2.05) is 30.3 Å². The molecule has 1 N–H and O–H groups in total. The van der Waals surface area contributed by atoms with Gasteiger partial charge < -0.3 is 14.6 Å². The van der Waals surface area contributed by atoms with E-state index in [4.69, 9.17) is 9.47 Å². The number of phenolic OH excluding ortho intramolecular Hbond substituents is 1. The first kappa shape index (κ1) is 19.1. The monoisotopic (exact) mass is 355 g/mol. The maximum absolute atomic E-state index is 13.4. The minimum atomic E-state index is -0.276. The molecule has 0 amide bonds. The molecule has 0 spiro atoms. The molecule has 1 aliphatic heterocycles. The maximum Gasteiger partial charge on any atom is 0.131 e. The van der Waals surface area contributed by atoms with Gasteiger partial charge in [0.1, 0.15) is 29.7 Å². The summed E-state index contributed by atoms with van der Waals surface area (Å²) in [5.41, 5.74) is 4.75. The van der Waals surface area contributed by atoms with E-state index >= 15 is 0 Å². The van der Waals surface area contributed by atoms with Gasteiger partial charge in [0, 0.05) is 36.1 Å². The molecule has 0 fully saturated rings. The Balaban J connectivity index is 0.00000210. The molecule has 0 aromatic heterocycles. The molecule has 0 unspecified atom stereocenters. The molecule has 1 radical (unpaired) electrons. The molecule has 0 saturated carbocycles. The summed E-state index contributed by atoms with van der Waals surface area (Å²) in [5, 5.41) is 9.63. The van der Waals surface area contributed by atoms with E-state index in [0.29, 0.717) is 6.61 Å². The molecule has 3 aromatic carbocycles. The van der Waals surface area contributed by atoms with Crippen LogP contribution < -0.4 is 9.47 Å². The average molecular weight is 355 g/mol. The third-order valence-corrected chi connectivity index (χ3v) is 4.48. The van der Waals surface area contributed by atoms with Crippen LogP contribution in [0.25, 0.3) is 11.1 Å². The number of phenols is 1. The number of benzene rings is 3. The van der Waals surface area contributed by atoms with E-state index in [1.54, 1.807) is 31.4 Å². The first-order valence-corrected chi connectivity index (χ1v) is 8.25. The van der Waals surface area contributed by atoms with Gasteiger partial charge in [-0.2, -0.15) is 0 Å². The van der Waals surface area contributed by atoms with E-state index in [0.717, 1.165) is 39.3 Å². The maximum atomic E-state index is 13.4. The standard InChI is InChI=1S/C22H17FO3.Li/c1-25-18-10-11-19-21(12-18)26-13-20(14-2-6-16(23)7-3-14)22(19)15-4-8-17(24)9-5-15;/h2-12,24H,13H2,1H3;. The Morgan fingerprint density at radius 3 is 2.26 bits per heavy atom. The molecule has 0 atom stereocenters. The van der Waals surface area contributed by atoms with Crippen LogP contribution in [0.15, 0.2) is 66.7 Å². The van der Waals surface area contributed by atoms with E-state index in [9.17, 15) is 9.50 Å². The Hall–Kier alpha value is -2.67. The van der Waals surface area contributed by atoms with Crippen molar-refractivity contribution in [2.45, 2.75) is 0 Å².